The number of nitrogens with zero attached hydrogens (tertiary/aromatic N) is 1. The molecule has 0 spiro atoms. The topological polar surface area (TPSA) is 49.4 Å². The Kier molecular flexibility index (Phi) is 5.60. The largest absolute Gasteiger partial charge is 0.316 e. The van der Waals surface area contributed by atoms with Crippen molar-refractivity contribution in [3.8, 4) is 0 Å². The van der Waals surface area contributed by atoms with Crippen LogP contribution in [0, 0.1) is 5.92 Å². The molecule has 1 aliphatic heterocycles. The van der Waals surface area contributed by atoms with Gasteiger partial charge in [0.1, 0.15) is 0 Å². The summed E-state index contributed by atoms with van der Waals surface area (Å²) in [7, 11) is -1.53. The van der Waals surface area contributed by atoms with Crippen molar-refractivity contribution in [3.05, 3.63) is 34.3 Å². The molecular weight excluding hydrogens is 340 g/mol. The van der Waals surface area contributed by atoms with E-state index in [2.05, 4.69) is 21.2 Å². The Bertz CT molecular complexity index is 525. The number of rotatable bonds is 5. The van der Waals surface area contributed by atoms with Crippen molar-refractivity contribution in [2.75, 3.05) is 25.9 Å². The smallest absolute Gasteiger partial charge is 0.214 e. The van der Waals surface area contributed by atoms with Crippen molar-refractivity contribution in [2.24, 2.45) is 5.92 Å². The minimum atomic E-state index is -3.19. The fourth-order valence-corrected chi connectivity index (χ4v) is 4.18. The average Bonchev–Trinajstić information content (AvgIpc) is 2.42. The van der Waals surface area contributed by atoms with Gasteiger partial charge >= 0.3 is 0 Å². The number of nitrogens with one attached hydrogen (secondary N) is 1. The first-order valence-electron chi connectivity index (χ1n) is 6.86. The van der Waals surface area contributed by atoms with Gasteiger partial charge in [0.05, 0.1) is 5.75 Å². The zero-order valence-corrected chi connectivity index (χ0v) is 14.1. The first-order valence-corrected chi connectivity index (χ1v) is 9.27. The third-order valence-corrected chi connectivity index (χ3v) is 6.14. The molecule has 1 N–H and O–H groups in total. The highest BCUT2D eigenvalue weighted by molar-refractivity contribution is 9.10. The number of hydrogen-bond acceptors (Lipinski definition) is 3. The van der Waals surface area contributed by atoms with E-state index in [0.717, 1.165) is 36.0 Å². The Morgan fingerprint density at radius 2 is 2.05 bits per heavy atom. The summed E-state index contributed by atoms with van der Waals surface area (Å²) in [4.78, 5) is 0. The molecule has 112 valence electrons. The van der Waals surface area contributed by atoms with Gasteiger partial charge in [-0.25, -0.2) is 12.7 Å². The van der Waals surface area contributed by atoms with Crippen molar-refractivity contribution in [1.29, 1.82) is 0 Å². The van der Waals surface area contributed by atoms with E-state index in [1.54, 1.807) is 7.05 Å². The SMILES string of the molecule is CN(Cc1ccc(Br)cc1)S(=O)(=O)CC1CCCNC1. The summed E-state index contributed by atoms with van der Waals surface area (Å²) < 4.78 is 27.2. The lowest BCUT2D eigenvalue weighted by molar-refractivity contribution is 0.391. The fourth-order valence-electron chi connectivity index (χ4n) is 2.44. The number of benzene rings is 1. The fraction of sp³-hybridized carbons (Fsp3) is 0.571. The van der Waals surface area contributed by atoms with E-state index in [0.29, 0.717) is 6.54 Å². The van der Waals surface area contributed by atoms with E-state index in [-0.39, 0.29) is 11.7 Å². The molecule has 0 radical (unpaired) electrons. The second-order valence-electron chi connectivity index (χ2n) is 5.37. The van der Waals surface area contributed by atoms with Crippen molar-refractivity contribution in [3.63, 3.8) is 0 Å². The summed E-state index contributed by atoms with van der Waals surface area (Å²) >= 11 is 3.38. The van der Waals surface area contributed by atoms with Crippen molar-refractivity contribution >= 4 is 26.0 Å². The Morgan fingerprint density at radius 3 is 2.65 bits per heavy atom. The standard InChI is InChI=1S/C14H21BrN2O2S/c1-17(10-12-4-6-14(15)7-5-12)20(18,19)11-13-3-2-8-16-9-13/h4-7,13,16H,2-3,8-11H2,1H3. The summed E-state index contributed by atoms with van der Waals surface area (Å²) in [5, 5.41) is 3.26. The van der Waals surface area contributed by atoms with Gasteiger partial charge in [0, 0.05) is 18.1 Å². The Balaban J connectivity index is 1.95. The zero-order valence-electron chi connectivity index (χ0n) is 11.7. The second-order valence-corrected chi connectivity index (χ2v) is 8.41. The van der Waals surface area contributed by atoms with E-state index < -0.39 is 10.0 Å². The first kappa shape index (κ1) is 15.9. The highest BCUT2D eigenvalue weighted by Crippen LogP contribution is 2.17. The van der Waals surface area contributed by atoms with Gasteiger partial charge in [-0.15, -0.1) is 0 Å². The van der Waals surface area contributed by atoms with Crippen LogP contribution in [0.25, 0.3) is 0 Å². The molecule has 1 aromatic carbocycles. The maximum atomic E-state index is 12.4. The molecule has 6 heteroatoms. The van der Waals surface area contributed by atoms with Gasteiger partial charge in [-0.1, -0.05) is 28.1 Å². The average molecular weight is 361 g/mol. The lowest BCUT2D eigenvalue weighted by Crippen LogP contribution is -2.38. The second kappa shape index (κ2) is 7.02. The van der Waals surface area contributed by atoms with Gasteiger partial charge in [-0.3, -0.25) is 0 Å². The molecule has 0 bridgehead atoms. The monoisotopic (exact) mass is 360 g/mol. The lowest BCUT2D eigenvalue weighted by Gasteiger charge is -2.25. The van der Waals surface area contributed by atoms with Gasteiger partial charge in [-0.05, 0) is 49.5 Å². The van der Waals surface area contributed by atoms with Gasteiger partial charge in [0.25, 0.3) is 0 Å². The number of halogens is 1. The van der Waals surface area contributed by atoms with Crippen LogP contribution in [0.5, 0.6) is 0 Å². The molecule has 1 atom stereocenters. The zero-order chi connectivity index (χ0) is 14.6. The molecule has 1 saturated heterocycles. The molecule has 0 amide bonds. The van der Waals surface area contributed by atoms with E-state index >= 15 is 0 Å². The molecule has 1 unspecified atom stereocenters. The van der Waals surface area contributed by atoms with E-state index in [9.17, 15) is 8.42 Å². The molecular formula is C14H21BrN2O2S. The third kappa shape index (κ3) is 4.55. The summed E-state index contributed by atoms with van der Waals surface area (Å²) in [6, 6.07) is 7.75. The Morgan fingerprint density at radius 1 is 1.35 bits per heavy atom. The summed E-state index contributed by atoms with van der Waals surface area (Å²) in [5.41, 5.74) is 1.00. The highest BCUT2D eigenvalue weighted by Gasteiger charge is 2.24. The van der Waals surface area contributed by atoms with Crippen LogP contribution in [-0.2, 0) is 16.6 Å². The van der Waals surface area contributed by atoms with E-state index in [1.807, 2.05) is 24.3 Å². The minimum Gasteiger partial charge on any atom is -0.316 e. The predicted molar refractivity (Wildman–Crippen MR) is 85.0 cm³/mol. The minimum absolute atomic E-state index is 0.237. The van der Waals surface area contributed by atoms with Crippen LogP contribution in [0.4, 0.5) is 0 Å². The van der Waals surface area contributed by atoms with Crippen LogP contribution in [0.1, 0.15) is 18.4 Å². The van der Waals surface area contributed by atoms with Crippen LogP contribution >= 0.6 is 15.9 Å². The number of sulfonamides is 1. The summed E-state index contributed by atoms with van der Waals surface area (Å²) in [6.45, 7) is 2.24. The Hall–Kier alpha value is -0.430. The Labute approximate surface area is 129 Å². The molecule has 0 saturated carbocycles. The van der Waals surface area contributed by atoms with Crippen molar-refractivity contribution < 1.29 is 8.42 Å². The van der Waals surface area contributed by atoms with E-state index in [4.69, 9.17) is 0 Å². The van der Waals surface area contributed by atoms with Crippen molar-refractivity contribution in [1.82, 2.24) is 9.62 Å². The normalized spacial score (nSPS) is 20.2. The van der Waals surface area contributed by atoms with Crippen molar-refractivity contribution in [2.45, 2.75) is 19.4 Å². The molecule has 20 heavy (non-hydrogen) atoms. The highest BCUT2D eigenvalue weighted by atomic mass is 79.9. The number of hydrogen-bond donors (Lipinski definition) is 1. The maximum absolute atomic E-state index is 12.4. The molecule has 0 aliphatic carbocycles. The predicted octanol–water partition coefficient (Wildman–Crippen LogP) is 2.21. The molecule has 1 fully saturated rings. The van der Waals surface area contributed by atoms with Crippen LogP contribution < -0.4 is 5.32 Å². The van der Waals surface area contributed by atoms with Crippen LogP contribution in [0.3, 0.4) is 0 Å². The van der Waals surface area contributed by atoms with Gasteiger partial charge in [-0.2, -0.15) is 0 Å². The molecule has 1 aromatic rings. The molecule has 1 aliphatic rings. The molecule has 2 rings (SSSR count). The van der Waals surface area contributed by atoms with Gasteiger partial charge < -0.3 is 5.32 Å². The lowest BCUT2D eigenvalue weighted by atomic mass is 10.0. The quantitative estimate of drug-likeness (QED) is 0.875. The number of piperidine rings is 1. The van der Waals surface area contributed by atoms with Crippen LogP contribution in [0.15, 0.2) is 28.7 Å². The summed E-state index contributed by atoms with van der Waals surface area (Å²) in [6.07, 6.45) is 2.06. The first-order chi connectivity index (χ1) is 9.47. The molecule has 1 heterocycles. The molecule has 4 nitrogen and oxygen atoms in total. The van der Waals surface area contributed by atoms with Gasteiger partial charge in [0.15, 0.2) is 0 Å². The van der Waals surface area contributed by atoms with Crippen LogP contribution in [0.2, 0.25) is 0 Å². The maximum Gasteiger partial charge on any atom is 0.214 e. The van der Waals surface area contributed by atoms with Gasteiger partial charge in [0.2, 0.25) is 10.0 Å². The summed E-state index contributed by atoms with van der Waals surface area (Å²) in [5.74, 6) is 0.480. The van der Waals surface area contributed by atoms with Crippen LogP contribution in [-0.4, -0.2) is 38.6 Å². The molecule has 0 aromatic heterocycles. The third-order valence-electron chi connectivity index (χ3n) is 3.64. The van der Waals surface area contributed by atoms with E-state index in [1.165, 1.54) is 4.31 Å².